The van der Waals surface area contributed by atoms with E-state index in [1.807, 2.05) is 0 Å². The lowest BCUT2D eigenvalue weighted by Crippen LogP contribution is -2.08. The van der Waals surface area contributed by atoms with Gasteiger partial charge >= 0.3 is 0 Å². The summed E-state index contributed by atoms with van der Waals surface area (Å²) in [6.45, 7) is 0.519. The van der Waals surface area contributed by atoms with Gasteiger partial charge in [0.2, 0.25) is 0 Å². The molecule has 0 aliphatic rings. The fraction of sp³-hybridized carbons (Fsp3) is 0.400. The number of halogens is 2. The molecular formula is C10H12Cl2O4S. The van der Waals surface area contributed by atoms with E-state index in [-0.39, 0.29) is 27.3 Å². The second-order valence-corrected chi connectivity index (χ2v) is 6.07. The molecular weight excluding hydrogens is 287 g/mol. The van der Waals surface area contributed by atoms with Gasteiger partial charge in [-0.1, -0.05) is 23.2 Å². The Hall–Kier alpha value is -0.490. The number of hydrogen-bond donors (Lipinski definition) is 0. The molecule has 0 heterocycles. The molecule has 17 heavy (non-hydrogen) atoms. The van der Waals surface area contributed by atoms with E-state index in [0.29, 0.717) is 6.61 Å². The van der Waals surface area contributed by atoms with Crippen molar-refractivity contribution in [3.63, 3.8) is 0 Å². The highest BCUT2D eigenvalue weighted by molar-refractivity contribution is 7.90. The maximum Gasteiger partial charge on any atom is 0.179 e. The predicted octanol–water partition coefficient (Wildman–Crippen LogP) is 2.42. The highest BCUT2D eigenvalue weighted by atomic mass is 35.5. The zero-order valence-electron chi connectivity index (χ0n) is 9.37. The highest BCUT2D eigenvalue weighted by Crippen LogP contribution is 2.37. The van der Waals surface area contributed by atoms with Crippen molar-refractivity contribution in [2.24, 2.45) is 0 Å². The van der Waals surface area contributed by atoms with Crippen LogP contribution in [0.3, 0.4) is 0 Å². The van der Waals surface area contributed by atoms with Gasteiger partial charge in [-0.15, -0.1) is 0 Å². The standard InChI is InChI=1S/C10H12Cl2O4S/c1-15-5-6-16-10-8(17(2,13)14)4-3-7(11)9(10)12/h3-4H,5-6H2,1-2H3. The first-order valence-corrected chi connectivity index (χ1v) is 7.32. The van der Waals surface area contributed by atoms with E-state index in [1.165, 1.54) is 19.2 Å². The van der Waals surface area contributed by atoms with Gasteiger partial charge in [0.15, 0.2) is 15.6 Å². The van der Waals surface area contributed by atoms with Crippen LogP contribution >= 0.6 is 23.2 Å². The normalized spacial score (nSPS) is 11.5. The molecule has 1 aromatic rings. The monoisotopic (exact) mass is 298 g/mol. The molecule has 0 radical (unpaired) electrons. The first-order valence-electron chi connectivity index (χ1n) is 4.67. The minimum absolute atomic E-state index is 0.0167. The Morgan fingerprint density at radius 3 is 2.41 bits per heavy atom. The minimum Gasteiger partial charge on any atom is -0.488 e. The van der Waals surface area contributed by atoms with E-state index >= 15 is 0 Å². The van der Waals surface area contributed by atoms with Gasteiger partial charge in [0.1, 0.15) is 16.5 Å². The Kier molecular flexibility index (Phi) is 5.06. The summed E-state index contributed by atoms with van der Waals surface area (Å²) >= 11 is 11.7. The summed E-state index contributed by atoms with van der Waals surface area (Å²) in [6.07, 6.45) is 1.08. The van der Waals surface area contributed by atoms with Gasteiger partial charge in [0, 0.05) is 13.4 Å². The van der Waals surface area contributed by atoms with Crippen LogP contribution in [0.15, 0.2) is 17.0 Å². The Labute approximate surface area is 110 Å². The second-order valence-electron chi connectivity index (χ2n) is 3.30. The van der Waals surface area contributed by atoms with Gasteiger partial charge in [0.25, 0.3) is 0 Å². The molecule has 0 saturated carbocycles. The van der Waals surface area contributed by atoms with Crippen LogP contribution in [0.25, 0.3) is 0 Å². The molecule has 0 aromatic heterocycles. The molecule has 0 aliphatic carbocycles. The lowest BCUT2D eigenvalue weighted by atomic mass is 10.3. The molecule has 0 bridgehead atoms. The van der Waals surface area contributed by atoms with Gasteiger partial charge in [0.05, 0.1) is 11.6 Å². The van der Waals surface area contributed by atoms with Crippen LogP contribution in [-0.2, 0) is 14.6 Å². The molecule has 0 spiro atoms. The van der Waals surface area contributed by atoms with Crippen LogP contribution in [0.2, 0.25) is 10.0 Å². The maximum atomic E-state index is 11.5. The van der Waals surface area contributed by atoms with Crippen LogP contribution in [-0.4, -0.2) is 35.0 Å². The van der Waals surface area contributed by atoms with Crippen molar-refractivity contribution in [2.75, 3.05) is 26.6 Å². The smallest absolute Gasteiger partial charge is 0.179 e. The Morgan fingerprint density at radius 2 is 1.88 bits per heavy atom. The van der Waals surface area contributed by atoms with Crippen molar-refractivity contribution in [2.45, 2.75) is 4.90 Å². The van der Waals surface area contributed by atoms with E-state index in [4.69, 9.17) is 32.7 Å². The van der Waals surface area contributed by atoms with Crippen LogP contribution in [0.5, 0.6) is 5.75 Å². The summed E-state index contributed by atoms with van der Waals surface area (Å²) in [7, 11) is -1.90. The fourth-order valence-electron chi connectivity index (χ4n) is 1.17. The summed E-state index contributed by atoms with van der Waals surface area (Å²) in [5.41, 5.74) is 0. The molecule has 1 aromatic carbocycles. The van der Waals surface area contributed by atoms with Crippen molar-refractivity contribution in [3.8, 4) is 5.75 Å². The Balaban J connectivity index is 3.18. The highest BCUT2D eigenvalue weighted by Gasteiger charge is 2.19. The molecule has 0 saturated heterocycles. The number of sulfone groups is 1. The van der Waals surface area contributed by atoms with E-state index in [0.717, 1.165) is 6.26 Å². The molecule has 96 valence electrons. The Morgan fingerprint density at radius 1 is 1.24 bits per heavy atom. The van der Waals surface area contributed by atoms with E-state index in [9.17, 15) is 8.42 Å². The second kappa shape index (κ2) is 5.91. The molecule has 4 nitrogen and oxygen atoms in total. The van der Waals surface area contributed by atoms with Crippen LogP contribution in [0.4, 0.5) is 0 Å². The first-order chi connectivity index (χ1) is 7.88. The van der Waals surface area contributed by atoms with Crippen molar-refractivity contribution >= 4 is 33.0 Å². The summed E-state index contributed by atoms with van der Waals surface area (Å²) < 4.78 is 33.2. The van der Waals surface area contributed by atoms with Crippen LogP contribution in [0, 0.1) is 0 Å². The number of rotatable bonds is 5. The lowest BCUT2D eigenvalue weighted by molar-refractivity contribution is 0.145. The van der Waals surface area contributed by atoms with Crippen LogP contribution < -0.4 is 4.74 Å². The van der Waals surface area contributed by atoms with E-state index in [1.54, 1.807) is 0 Å². The molecule has 0 amide bonds. The summed E-state index contributed by atoms with van der Waals surface area (Å²) in [4.78, 5) is 0.0167. The average molecular weight is 299 g/mol. The van der Waals surface area contributed by atoms with E-state index < -0.39 is 9.84 Å². The molecule has 0 unspecified atom stereocenters. The number of hydrogen-bond acceptors (Lipinski definition) is 4. The third kappa shape index (κ3) is 3.74. The summed E-state index contributed by atoms with van der Waals surface area (Å²) in [5, 5.41) is 0.331. The van der Waals surface area contributed by atoms with Crippen molar-refractivity contribution in [1.29, 1.82) is 0 Å². The van der Waals surface area contributed by atoms with Gasteiger partial charge < -0.3 is 9.47 Å². The largest absolute Gasteiger partial charge is 0.488 e. The fourth-order valence-corrected chi connectivity index (χ4v) is 2.41. The quantitative estimate of drug-likeness (QED) is 0.784. The van der Waals surface area contributed by atoms with Gasteiger partial charge in [-0.3, -0.25) is 0 Å². The average Bonchev–Trinajstić information content (AvgIpc) is 2.23. The van der Waals surface area contributed by atoms with E-state index in [2.05, 4.69) is 0 Å². The third-order valence-corrected chi connectivity index (χ3v) is 3.85. The summed E-state index contributed by atoms with van der Waals surface area (Å²) in [6, 6.07) is 2.79. The Bertz CT molecular complexity index is 499. The molecule has 7 heteroatoms. The van der Waals surface area contributed by atoms with Crippen molar-refractivity contribution < 1.29 is 17.9 Å². The topological polar surface area (TPSA) is 52.6 Å². The number of methoxy groups -OCH3 is 1. The number of ether oxygens (including phenoxy) is 2. The van der Waals surface area contributed by atoms with Crippen molar-refractivity contribution in [1.82, 2.24) is 0 Å². The summed E-state index contributed by atoms with van der Waals surface area (Å²) in [5.74, 6) is 0.0683. The van der Waals surface area contributed by atoms with Crippen LogP contribution in [0.1, 0.15) is 0 Å². The molecule has 0 fully saturated rings. The minimum atomic E-state index is -3.42. The van der Waals surface area contributed by atoms with Crippen molar-refractivity contribution in [3.05, 3.63) is 22.2 Å². The zero-order valence-corrected chi connectivity index (χ0v) is 11.7. The van der Waals surface area contributed by atoms with Gasteiger partial charge in [-0.05, 0) is 12.1 Å². The SMILES string of the molecule is COCCOc1c(S(C)(=O)=O)ccc(Cl)c1Cl. The van der Waals surface area contributed by atoms with Gasteiger partial charge in [-0.2, -0.15) is 0 Å². The molecule has 0 atom stereocenters. The molecule has 1 rings (SSSR count). The number of benzene rings is 1. The third-order valence-electron chi connectivity index (χ3n) is 1.95. The predicted molar refractivity (Wildman–Crippen MR) is 66.9 cm³/mol. The zero-order chi connectivity index (χ0) is 13.1. The first kappa shape index (κ1) is 14.6. The molecule has 0 aliphatic heterocycles. The maximum absolute atomic E-state index is 11.5. The molecule has 0 N–H and O–H groups in total. The lowest BCUT2D eigenvalue weighted by Gasteiger charge is -2.12. The van der Waals surface area contributed by atoms with Gasteiger partial charge in [-0.25, -0.2) is 8.42 Å².